The number of alkyl carbamates (subject to hydrolysis) is 1. The second-order valence-corrected chi connectivity index (χ2v) is 8.61. The Bertz CT molecular complexity index is 1360. The second-order valence-electron chi connectivity index (χ2n) is 8.61. The highest BCUT2D eigenvalue weighted by Gasteiger charge is 2.42. The van der Waals surface area contributed by atoms with Gasteiger partial charge in [0.05, 0.1) is 19.8 Å². The Morgan fingerprint density at radius 1 is 0.974 bits per heavy atom. The van der Waals surface area contributed by atoms with Crippen molar-refractivity contribution in [2.45, 2.75) is 24.7 Å². The van der Waals surface area contributed by atoms with Gasteiger partial charge in [-0.3, -0.25) is 4.79 Å². The van der Waals surface area contributed by atoms with Crippen LogP contribution in [0.2, 0.25) is 0 Å². The number of amides is 1. The molecule has 196 valence electrons. The molecule has 3 atom stereocenters. The normalized spacial score (nSPS) is 18.0. The zero-order valence-corrected chi connectivity index (χ0v) is 20.7. The van der Waals surface area contributed by atoms with E-state index in [2.05, 4.69) is 5.32 Å². The first-order valence-corrected chi connectivity index (χ1v) is 11.8. The molecule has 0 saturated carbocycles. The lowest BCUT2D eigenvalue weighted by atomic mass is 9.93. The van der Waals surface area contributed by atoms with Gasteiger partial charge in [0, 0.05) is 18.1 Å². The molecule has 3 aromatic rings. The van der Waals surface area contributed by atoms with Crippen LogP contribution in [0.4, 0.5) is 4.79 Å². The van der Waals surface area contributed by atoms with Crippen LogP contribution in [-0.2, 0) is 20.7 Å². The molecule has 0 saturated heterocycles. The van der Waals surface area contributed by atoms with Crippen molar-refractivity contribution in [3.05, 3.63) is 83.4 Å². The molecule has 38 heavy (non-hydrogen) atoms. The minimum absolute atomic E-state index is 0.0714. The number of nitrogens with one attached hydrogen (secondary N) is 1. The third-order valence-electron chi connectivity index (χ3n) is 6.26. The van der Waals surface area contributed by atoms with Gasteiger partial charge in [0.25, 0.3) is 0 Å². The molecule has 1 unspecified atom stereocenters. The van der Waals surface area contributed by atoms with Gasteiger partial charge >= 0.3 is 12.1 Å². The van der Waals surface area contributed by atoms with Crippen molar-refractivity contribution in [2.24, 2.45) is 0 Å². The Morgan fingerprint density at radius 3 is 2.53 bits per heavy atom. The van der Waals surface area contributed by atoms with Crippen LogP contribution in [0.5, 0.6) is 23.0 Å². The number of rotatable bonds is 7. The number of Topliss-reactive ketones (excluding diaryl/α,β-unsaturated/α-hetero) is 1. The molecule has 0 bridgehead atoms. The molecule has 2 aliphatic rings. The van der Waals surface area contributed by atoms with Gasteiger partial charge in [-0.2, -0.15) is 0 Å². The van der Waals surface area contributed by atoms with Crippen molar-refractivity contribution < 1.29 is 42.8 Å². The Kier molecular flexibility index (Phi) is 7.03. The van der Waals surface area contributed by atoms with E-state index in [1.165, 1.54) is 14.2 Å². The molecule has 0 fully saturated rings. The lowest BCUT2D eigenvalue weighted by molar-refractivity contribution is -0.143. The van der Waals surface area contributed by atoms with Crippen LogP contribution in [0, 0.1) is 0 Å². The Hall–Kier alpha value is -4.73. The summed E-state index contributed by atoms with van der Waals surface area (Å²) in [7, 11) is 2.73. The van der Waals surface area contributed by atoms with Gasteiger partial charge in [-0.05, 0) is 29.8 Å². The Labute approximate surface area is 218 Å². The maximum Gasteiger partial charge on any atom is 0.408 e. The average molecular weight is 520 g/mol. The number of carbonyl (C=O) groups is 3. The van der Waals surface area contributed by atoms with Crippen LogP contribution in [0.3, 0.4) is 0 Å². The number of ketones is 1. The van der Waals surface area contributed by atoms with Crippen molar-refractivity contribution >= 4 is 17.8 Å². The van der Waals surface area contributed by atoms with E-state index in [1.54, 1.807) is 36.4 Å². The fourth-order valence-corrected chi connectivity index (χ4v) is 4.35. The molecule has 5 rings (SSSR count). The summed E-state index contributed by atoms with van der Waals surface area (Å²) in [5, 5.41) is 2.53. The maximum atomic E-state index is 13.6. The molecular weight excluding hydrogens is 494 g/mol. The number of ether oxygens (including phenoxy) is 6. The lowest BCUT2D eigenvalue weighted by Gasteiger charge is -2.32. The molecule has 3 aromatic carbocycles. The van der Waals surface area contributed by atoms with Gasteiger partial charge in [0.2, 0.25) is 18.7 Å². The first-order valence-electron chi connectivity index (χ1n) is 11.8. The van der Waals surface area contributed by atoms with Crippen molar-refractivity contribution in [3.8, 4) is 23.0 Å². The Balaban J connectivity index is 1.42. The zero-order valence-electron chi connectivity index (χ0n) is 20.7. The molecular formula is C28H25NO9. The van der Waals surface area contributed by atoms with Crippen molar-refractivity contribution in [1.29, 1.82) is 0 Å². The summed E-state index contributed by atoms with van der Waals surface area (Å²) < 4.78 is 32.8. The summed E-state index contributed by atoms with van der Waals surface area (Å²) in [5.41, 5.74) is 1.57. The molecule has 0 spiro atoms. The van der Waals surface area contributed by atoms with Gasteiger partial charge < -0.3 is 33.7 Å². The van der Waals surface area contributed by atoms with Crippen LogP contribution >= 0.6 is 0 Å². The first-order chi connectivity index (χ1) is 18.5. The standard InChI is InChI=1S/C28H25NO9/c1-33-18-9-10-19-22(14-18)37-25(17-8-11-21-23(13-17)36-15-35-21)26(24(19)30)38-28(32)29-20(27(31)34-2)12-16-6-4-3-5-7-16/h3-11,13-14,20,25-26H,12,15H2,1-2H3,(H,29,32)/t20-,25-,26?/m0/s1. The van der Waals surface area contributed by atoms with Crippen LogP contribution in [0.15, 0.2) is 66.7 Å². The molecule has 2 aliphatic heterocycles. The van der Waals surface area contributed by atoms with Gasteiger partial charge in [-0.15, -0.1) is 0 Å². The SMILES string of the molecule is COC(=O)[C@H](Cc1ccccc1)NC(=O)OC1C(=O)c2ccc(OC)cc2O[C@H]1c1ccc2c(c1)OCO2. The minimum atomic E-state index is -1.36. The third kappa shape index (κ3) is 5.06. The highest BCUT2D eigenvalue weighted by atomic mass is 16.7. The zero-order chi connectivity index (χ0) is 26.6. The highest BCUT2D eigenvalue weighted by Crippen LogP contribution is 2.41. The van der Waals surface area contributed by atoms with Gasteiger partial charge in [-0.25, -0.2) is 9.59 Å². The molecule has 1 N–H and O–H groups in total. The quantitative estimate of drug-likeness (QED) is 0.467. The van der Waals surface area contributed by atoms with Gasteiger partial charge in [0.15, 0.2) is 17.6 Å². The predicted octanol–water partition coefficient (Wildman–Crippen LogP) is 3.62. The predicted molar refractivity (Wildman–Crippen MR) is 133 cm³/mol. The van der Waals surface area contributed by atoms with E-state index in [9.17, 15) is 14.4 Å². The summed E-state index contributed by atoms with van der Waals surface area (Å²) in [6.45, 7) is 0.0714. The third-order valence-corrected chi connectivity index (χ3v) is 6.26. The molecule has 0 aliphatic carbocycles. The highest BCUT2D eigenvalue weighted by molar-refractivity contribution is 6.04. The summed E-state index contributed by atoms with van der Waals surface area (Å²) in [6, 6.07) is 17.9. The van der Waals surface area contributed by atoms with E-state index in [4.69, 9.17) is 28.4 Å². The molecule has 2 heterocycles. The van der Waals surface area contributed by atoms with Crippen molar-refractivity contribution in [3.63, 3.8) is 0 Å². The summed E-state index contributed by atoms with van der Waals surface area (Å²) in [5.74, 6) is 0.696. The van der Waals surface area contributed by atoms with Crippen LogP contribution in [-0.4, -0.2) is 51.0 Å². The van der Waals surface area contributed by atoms with E-state index in [-0.39, 0.29) is 24.5 Å². The van der Waals surface area contributed by atoms with E-state index in [0.717, 1.165) is 5.56 Å². The van der Waals surface area contributed by atoms with Gasteiger partial charge in [-0.1, -0.05) is 36.4 Å². The second kappa shape index (κ2) is 10.7. The number of fused-ring (bicyclic) bond motifs is 2. The number of carbonyl (C=O) groups excluding carboxylic acids is 3. The summed E-state index contributed by atoms with van der Waals surface area (Å²) >= 11 is 0. The van der Waals surface area contributed by atoms with E-state index in [1.807, 2.05) is 30.3 Å². The number of methoxy groups -OCH3 is 2. The van der Waals surface area contributed by atoms with E-state index >= 15 is 0 Å². The monoisotopic (exact) mass is 519 g/mol. The smallest absolute Gasteiger partial charge is 0.408 e. The number of hydrogen-bond acceptors (Lipinski definition) is 9. The Morgan fingerprint density at radius 2 is 1.76 bits per heavy atom. The first kappa shape index (κ1) is 24.9. The molecule has 10 nitrogen and oxygen atoms in total. The summed E-state index contributed by atoms with van der Waals surface area (Å²) in [6.07, 6.45) is -3.16. The van der Waals surface area contributed by atoms with Crippen molar-refractivity contribution in [1.82, 2.24) is 5.32 Å². The van der Waals surface area contributed by atoms with Gasteiger partial charge in [0.1, 0.15) is 17.5 Å². The number of hydrogen-bond donors (Lipinski definition) is 1. The summed E-state index contributed by atoms with van der Waals surface area (Å²) in [4.78, 5) is 39.0. The van der Waals surface area contributed by atoms with Crippen LogP contribution in [0.25, 0.3) is 0 Å². The minimum Gasteiger partial charge on any atom is -0.497 e. The topological polar surface area (TPSA) is 119 Å². The molecule has 1 amide bonds. The largest absolute Gasteiger partial charge is 0.497 e. The molecule has 10 heteroatoms. The van der Waals surface area contributed by atoms with Crippen LogP contribution < -0.4 is 24.3 Å². The fourth-order valence-electron chi connectivity index (χ4n) is 4.35. The number of benzene rings is 3. The molecule has 0 aromatic heterocycles. The van der Waals surface area contributed by atoms with E-state index in [0.29, 0.717) is 22.8 Å². The fraction of sp³-hybridized carbons (Fsp3) is 0.250. The lowest BCUT2D eigenvalue weighted by Crippen LogP contribution is -2.47. The average Bonchev–Trinajstić information content (AvgIpc) is 3.42. The molecule has 0 radical (unpaired) electrons. The van der Waals surface area contributed by atoms with Crippen LogP contribution in [0.1, 0.15) is 27.6 Å². The number of esters is 1. The van der Waals surface area contributed by atoms with E-state index < -0.39 is 36.1 Å². The van der Waals surface area contributed by atoms with Crippen molar-refractivity contribution in [2.75, 3.05) is 21.0 Å². The maximum absolute atomic E-state index is 13.6.